The van der Waals surface area contributed by atoms with Crippen LogP contribution >= 0.6 is 0 Å². The predicted octanol–water partition coefficient (Wildman–Crippen LogP) is 2.67. The van der Waals surface area contributed by atoms with Gasteiger partial charge in [0.25, 0.3) is 0 Å². The number of benzene rings is 1. The Morgan fingerprint density at radius 2 is 1.75 bits per heavy atom. The van der Waals surface area contributed by atoms with Crippen LogP contribution in [0.2, 0.25) is 0 Å². The second-order valence-corrected chi connectivity index (χ2v) is 3.17. The van der Waals surface area contributed by atoms with Gasteiger partial charge >= 0.3 is 0 Å². The number of nitrogens with zero attached hydrogens (tertiary/aromatic N) is 1. The van der Waals surface area contributed by atoms with E-state index in [2.05, 4.69) is 26.0 Å². The van der Waals surface area contributed by atoms with Crippen molar-refractivity contribution in [2.45, 2.75) is 26.7 Å². The first-order chi connectivity index (χ1) is 7.54. The number of aliphatic hydroxyl groups excluding tert-OH is 1. The zero-order valence-electron chi connectivity index (χ0n) is 10.2. The Kier molecular flexibility index (Phi) is 14.4. The molecule has 4 heteroatoms. The van der Waals surface area contributed by atoms with Gasteiger partial charge in [-0.3, -0.25) is 10.1 Å². The second-order valence-electron chi connectivity index (χ2n) is 3.17. The number of nitro groups is 1. The molecule has 0 aliphatic heterocycles. The molecule has 0 fully saturated rings. The minimum Gasteiger partial charge on any atom is -0.396 e. The molecule has 0 unspecified atom stereocenters. The van der Waals surface area contributed by atoms with Crippen LogP contribution in [0.1, 0.15) is 25.3 Å². The van der Waals surface area contributed by atoms with Crippen LogP contribution in [0.15, 0.2) is 30.3 Å². The number of rotatable bonds is 2. The van der Waals surface area contributed by atoms with E-state index in [1.807, 2.05) is 18.2 Å². The average Bonchev–Trinajstić information content (AvgIpc) is 2.20. The van der Waals surface area contributed by atoms with Gasteiger partial charge in [0.05, 0.1) is 0 Å². The minimum atomic E-state index is -0.500. The summed E-state index contributed by atoms with van der Waals surface area (Å²) < 4.78 is 0. The maximum atomic E-state index is 8.81. The van der Waals surface area contributed by atoms with Crippen molar-refractivity contribution in [2.24, 2.45) is 0 Å². The van der Waals surface area contributed by atoms with Crippen LogP contribution in [0, 0.1) is 17.0 Å². The smallest absolute Gasteiger partial charge is 0.194 e. The highest BCUT2D eigenvalue weighted by molar-refractivity contribution is 5.11. The molecule has 0 aromatic heterocycles. The number of unbranched alkanes of at least 4 members (excludes halogenated alkanes) is 1. The van der Waals surface area contributed by atoms with Crippen LogP contribution in [0.4, 0.5) is 0 Å². The van der Waals surface area contributed by atoms with Crippen LogP contribution in [0.5, 0.6) is 0 Å². The van der Waals surface area contributed by atoms with E-state index in [9.17, 15) is 0 Å². The molecule has 1 N–H and O–H groups in total. The summed E-state index contributed by atoms with van der Waals surface area (Å²) in [5.74, 6) is 0. The second kappa shape index (κ2) is 13.6. The molecule has 1 rings (SSSR count). The van der Waals surface area contributed by atoms with Gasteiger partial charge in [-0.25, -0.2) is 0 Å². The molecule has 0 saturated heterocycles. The summed E-state index contributed by atoms with van der Waals surface area (Å²) in [6.45, 7) is 4.48. The van der Waals surface area contributed by atoms with Crippen molar-refractivity contribution in [3.05, 3.63) is 46.0 Å². The molecule has 0 amide bonds. The third kappa shape index (κ3) is 22.9. The Bertz CT molecular complexity index is 244. The van der Waals surface area contributed by atoms with Gasteiger partial charge in [-0.2, -0.15) is 0 Å². The van der Waals surface area contributed by atoms with Crippen molar-refractivity contribution in [3.63, 3.8) is 0 Å². The molecule has 92 valence electrons. The monoisotopic (exact) mass is 227 g/mol. The van der Waals surface area contributed by atoms with E-state index in [1.165, 1.54) is 5.56 Å². The van der Waals surface area contributed by atoms with Crippen molar-refractivity contribution in [1.29, 1.82) is 0 Å². The zero-order chi connectivity index (χ0) is 12.8. The predicted molar refractivity (Wildman–Crippen MR) is 66.1 cm³/mol. The quantitative estimate of drug-likeness (QED) is 0.624. The lowest BCUT2D eigenvalue weighted by atomic mass is 10.2. The molecular formula is C12H21NO3. The standard InChI is InChI=1S/C7H8.C4H10O.CH3NO2/c1-7-5-3-2-4-6-7;1-2-3-4-5;1-2(3)4/h2-6H,1H3;5H,2-4H2,1H3;1H3. The Balaban J connectivity index is 0. The first-order valence-electron chi connectivity index (χ1n) is 5.25. The normalized spacial score (nSPS) is 8.00. The van der Waals surface area contributed by atoms with Gasteiger partial charge in [0, 0.05) is 11.5 Å². The molecule has 0 aliphatic carbocycles. The van der Waals surface area contributed by atoms with Crippen molar-refractivity contribution in [2.75, 3.05) is 13.7 Å². The van der Waals surface area contributed by atoms with E-state index in [4.69, 9.17) is 15.2 Å². The van der Waals surface area contributed by atoms with E-state index in [0.29, 0.717) is 6.61 Å². The molecule has 1 aromatic carbocycles. The lowest BCUT2D eigenvalue weighted by molar-refractivity contribution is -0.445. The average molecular weight is 227 g/mol. The molecule has 0 bridgehead atoms. The molecule has 0 aliphatic rings. The van der Waals surface area contributed by atoms with Crippen LogP contribution < -0.4 is 0 Å². The van der Waals surface area contributed by atoms with Crippen LogP contribution in [0.3, 0.4) is 0 Å². The van der Waals surface area contributed by atoms with E-state index in [1.54, 1.807) is 0 Å². The fraction of sp³-hybridized carbons (Fsp3) is 0.500. The Hall–Kier alpha value is -1.42. The largest absolute Gasteiger partial charge is 0.396 e. The van der Waals surface area contributed by atoms with Gasteiger partial charge in [0.15, 0.2) is 7.05 Å². The number of aryl methyl sites for hydroxylation is 1. The molecule has 0 heterocycles. The maximum Gasteiger partial charge on any atom is 0.194 e. The molecule has 0 spiro atoms. The summed E-state index contributed by atoms with van der Waals surface area (Å²) >= 11 is 0. The van der Waals surface area contributed by atoms with Gasteiger partial charge < -0.3 is 5.11 Å². The lowest BCUT2D eigenvalue weighted by Crippen LogP contribution is -1.79. The summed E-state index contributed by atoms with van der Waals surface area (Å²) in [6, 6.07) is 10.3. The molecule has 4 nitrogen and oxygen atoms in total. The van der Waals surface area contributed by atoms with Crippen LogP contribution in [-0.2, 0) is 0 Å². The molecular weight excluding hydrogens is 206 g/mol. The molecule has 0 saturated carbocycles. The van der Waals surface area contributed by atoms with Gasteiger partial charge in [-0.05, 0) is 13.3 Å². The zero-order valence-corrected chi connectivity index (χ0v) is 10.2. The fourth-order valence-corrected chi connectivity index (χ4v) is 0.692. The fourth-order valence-electron chi connectivity index (χ4n) is 0.692. The highest BCUT2D eigenvalue weighted by atomic mass is 16.6. The Morgan fingerprint density at radius 3 is 1.88 bits per heavy atom. The first kappa shape index (κ1) is 17.0. The third-order valence-electron chi connectivity index (χ3n) is 1.45. The molecule has 0 radical (unpaired) electrons. The molecule has 1 aromatic rings. The van der Waals surface area contributed by atoms with E-state index in [0.717, 1.165) is 19.9 Å². The van der Waals surface area contributed by atoms with Gasteiger partial charge in [-0.15, -0.1) is 0 Å². The minimum absolute atomic E-state index is 0.344. The molecule has 16 heavy (non-hydrogen) atoms. The first-order valence-corrected chi connectivity index (χ1v) is 5.25. The van der Waals surface area contributed by atoms with Crippen molar-refractivity contribution in [1.82, 2.24) is 0 Å². The van der Waals surface area contributed by atoms with E-state index < -0.39 is 4.92 Å². The maximum absolute atomic E-state index is 8.81. The van der Waals surface area contributed by atoms with E-state index >= 15 is 0 Å². The Morgan fingerprint density at radius 1 is 1.31 bits per heavy atom. The van der Waals surface area contributed by atoms with Gasteiger partial charge in [0.2, 0.25) is 0 Å². The van der Waals surface area contributed by atoms with E-state index in [-0.39, 0.29) is 0 Å². The van der Waals surface area contributed by atoms with Crippen molar-refractivity contribution in [3.8, 4) is 0 Å². The third-order valence-corrected chi connectivity index (χ3v) is 1.45. The highest BCUT2D eigenvalue weighted by Gasteiger charge is 1.72. The lowest BCUT2D eigenvalue weighted by Gasteiger charge is -1.82. The highest BCUT2D eigenvalue weighted by Crippen LogP contribution is 1.92. The topological polar surface area (TPSA) is 63.4 Å². The van der Waals surface area contributed by atoms with Gasteiger partial charge in [-0.1, -0.05) is 49.2 Å². The molecule has 0 atom stereocenters. The van der Waals surface area contributed by atoms with Gasteiger partial charge in [0.1, 0.15) is 0 Å². The van der Waals surface area contributed by atoms with Crippen molar-refractivity contribution < 1.29 is 10.0 Å². The Labute approximate surface area is 97.1 Å². The van der Waals surface area contributed by atoms with Crippen LogP contribution in [0.25, 0.3) is 0 Å². The number of hydrogen-bond acceptors (Lipinski definition) is 3. The summed E-state index contributed by atoms with van der Waals surface area (Å²) in [5, 5.41) is 16.9. The number of hydrogen-bond donors (Lipinski definition) is 1. The van der Waals surface area contributed by atoms with Crippen molar-refractivity contribution >= 4 is 0 Å². The summed E-state index contributed by atoms with van der Waals surface area (Å²) in [7, 11) is 0.889. The van der Waals surface area contributed by atoms with Crippen LogP contribution in [-0.4, -0.2) is 23.7 Å². The SMILES string of the molecule is CCCCO.C[N+](=O)[O-].Cc1ccccc1. The number of aliphatic hydroxyl groups is 1. The summed E-state index contributed by atoms with van der Waals surface area (Å²) in [6.07, 6.45) is 2.04. The summed E-state index contributed by atoms with van der Waals surface area (Å²) in [4.78, 5) is 8.31. The summed E-state index contributed by atoms with van der Waals surface area (Å²) in [5.41, 5.74) is 1.32.